The van der Waals surface area contributed by atoms with Crippen LogP contribution in [0.15, 0.2) is 53.5 Å². The highest BCUT2D eigenvalue weighted by atomic mass is 16.5. The number of nitrogens with one attached hydrogen (secondary N) is 2. The van der Waals surface area contributed by atoms with Crippen molar-refractivity contribution in [3.05, 3.63) is 59.7 Å². The van der Waals surface area contributed by atoms with E-state index in [1.165, 1.54) is 16.8 Å². The van der Waals surface area contributed by atoms with Gasteiger partial charge < -0.3 is 20.3 Å². The van der Waals surface area contributed by atoms with Gasteiger partial charge in [0.05, 0.1) is 12.8 Å². The van der Waals surface area contributed by atoms with Gasteiger partial charge in [-0.3, -0.25) is 4.99 Å². The van der Waals surface area contributed by atoms with Crippen molar-refractivity contribution < 1.29 is 4.74 Å². The van der Waals surface area contributed by atoms with Crippen molar-refractivity contribution in [2.45, 2.75) is 31.7 Å². The fraction of sp³-hybridized carbons (Fsp3) is 0.435. The molecule has 1 saturated heterocycles. The van der Waals surface area contributed by atoms with E-state index in [2.05, 4.69) is 58.9 Å². The molecule has 148 valence electrons. The van der Waals surface area contributed by atoms with E-state index >= 15 is 0 Å². The normalized spacial score (nSPS) is 21.1. The smallest absolute Gasteiger partial charge is 0.191 e. The number of nitrogens with zero attached hydrogens (tertiary/aromatic N) is 2. The van der Waals surface area contributed by atoms with Crippen LogP contribution >= 0.6 is 0 Å². The van der Waals surface area contributed by atoms with Crippen LogP contribution in [0, 0.1) is 0 Å². The van der Waals surface area contributed by atoms with Crippen LogP contribution in [0.3, 0.4) is 0 Å². The highest BCUT2D eigenvalue weighted by Gasteiger charge is 2.27. The summed E-state index contributed by atoms with van der Waals surface area (Å²) in [6.45, 7) is 5.81. The monoisotopic (exact) mass is 378 g/mol. The molecule has 0 aromatic heterocycles. The minimum Gasteiger partial charge on any atom is -0.495 e. The Morgan fingerprint density at radius 2 is 2.00 bits per heavy atom. The molecule has 5 nitrogen and oxygen atoms in total. The number of para-hydroxylation sites is 2. The Morgan fingerprint density at radius 3 is 2.82 bits per heavy atom. The highest BCUT2D eigenvalue weighted by molar-refractivity contribution is 5.80. The third-order valence-corrected chi connectivity index (χ3v) is 5.73. The molecule has 1 aliphatic carbocycles. The minimum atomic E-state index is 0.386. The molecule has 1 aliphatic heterocycles. The molecule has 2 aromatic rings. The summed E-state index contributed by atoms with van der Waals surface area (Å²) in [7, 11) is 1.74. The molecule has 2 N–H and O–H groups in total. The maximum atomic E-state index is 5.53. The Bertz CT molecular complexity index is 835. The molecule has 0 spiro atoms. The summed E-state index contributed by atoms with van der Waals surface area (Å²) >= 11 is 0. The predicted octanol–water partition coefficient (Wildman–Crippen LogP) is 3.17. The molecular formula is C23H30N4O. The quantitative estimate of drug-likeness (QED) is 0.599. The lowest BCUT2D eigenvalue weighted by molar-refractivity contribution is 0.415. The number of hydrogen-bond acceptors (Lipinski definition) is 3. The van der Waals surface area contributed by atoms with Crippen molar-refractivity contribution in [2.75, 3.05) is 38.2 Å². The zero-order chi connectivity index (χ0) is 19.3. The van der Waals surface area contributed by atoms with E-state index in [0.29, 0.717) is 12.0 Å². The lowest BCUT2D eigenvalue weighted by Crippen LogP contribution is -2.45. The average Bonchev–Trinajstić information content (AvgIpc) is 3.17. The third kappa shape index (κ3) is 3.93. The number of benzene rings is 2. The second-order valence-electron chi connectivity index (χ2n) is 7.57. The second-order valence-corrected chi connectivity index (χ2v) is 7.57. The van der Waals surface area contributed by atoms with E-state index in [-0.39, 0.29) is 0 Å². The number of anilines is 1. The lowest BCUT2D eigenvalue weighted by atomic mass is 9.78. The molecule has 2 atom stereocenters. The van der Waals surface area contributed by atoms with Crippen LogP contribution in [0.1, 0.15) is 30.4 Å². The van der Waals surface area contributed by atoms with Gasteiger partial charge in [-0.2, -0.15) is 0 Å². The number of aliphatic imine (C=N–C) groups is 1. The fourth-order valence-electron chi connectivity index (χ4n) is 4.23. The van der Waals surface area contributed by atoms with Gasteiger partial charge in [0.15, 0.2) is 5.96 Å². The van der Waals surface area contributed by atoms with Crippen LogP contribution in [0.25, 0.3) is 0 Å². The van der Waals surface area contributed by atoms with Gasteiger partial charge >= 0.3 is 0 Å². The second kappa shape index (κ2) is 8.55. The van der Waals surface area contributed by atoms with Gasteiger partial charge in [0.1, 0.15) is 5.75 Å². The topological polar surface area (TPSA) is 48.9 Å². The number of guanidine groups is 1. The largest absolute Gasteiger partial charge is 0.495 e. The Morgan fingerprint density at radius 1 is 1.18 bits per heavy atom. The number of hydrogen-bond donors (Lipinski definition) is 2. The number of fused-ring (bicyclic) bond motifs is 1. The molecule has 2 unspecified atom stereocenters. The highest BCUT2D eigenvalue weighted by Crippen LogP contribution is 2.35. The molecule has 0 amide bonds. The molecular weight excluding hydrogens is 348 g/mol. The number of ether oxygens (including phenoxy) is 1. The molecule has 4 rings (SSSR count). The summed E-state index contributed by atoms with van der Waals surface area (Å²) in [5.74, 6) is 2.42. The number of methoxy groups -OCH3 is 1. The van der Waals surface area contributed by atoms with Crippen LogP contribution in [0.4, 0.5) is 5.69 Å². The summed E-state index contributed by atoms with van der Waals surface area (Å²) in [5.41, 5.74) is 4.11. The fourth-order valence-corrected chi connectivity index (χ4v) is 4.23. The first kappa shape index (κ1) is 18.7. The Hall–Kier alpha value is -2.69. The van der Waals surface area contributed by atoms with E-state index in [9.17, 15) is 0 Å². The third-order valence-electron chi connectivity index (χ3n) is 5.73. The van der Waals surface area contributed by atoms with Crippen LogP contribution in [0.2, 0.25) is 0 Å². The van der Waals surface area contributed by atoms with Gasteiger partial charge in [0.2, 0.25) is 0 Å². The molecule has 1 fully saturated rings. The lowest BCUT2D eigenvalue weighted by Gasteiger charge is -2.29. The van der Waals surface area contributed by atoms with Gasteiger partial charge in [-0.1, -0.05) is 36.4 Å². The van der Waals surface area contributed by atoms with Gasteiger partial charge in [0, 0.05) is 38.1 Å². The van der Waals surface area contributed by atoms with Gasteiger partial charge in [-0.15, -0.1) is 0 Å². The van der Waals surface area contributed by atoms with Gasteiger partial charge in [-0.05, 0) is 43.0 Å². The first-order valence-electron chi connectivity index (χ1n) is 10.3. The van der Waals surface area contributed by atoms with Crippen molar-refractivity contribution in [3.63, 3.8) is 0 Å². The standard InChI is InChI=1S/C23H30N4O/c1-3-24-23(25-15-18-14-17-8-4-5-9-20(17)18)26-19-12-13-27(16-19)21-10-6-7-11-22(21)28-2/h4-11,18-19H,3,12-16H2,1-2H3,(H2,24,25,26). The van der Waals surface area contributed by atoms with Crippen molar-refractivity contribution in [1.29, 1.82) is 0 Å². The molecule has 0 bridgehead atoms. The van der Waals surface area contributed by atoms with Crippen molar-refractivity contribution in [1.82, 2.24) is 10.6 Å². The van der Waals surface area contributed by atoms with E-state index in [1.807, 2.05) is 12.1 Å². The minimum absolute atomic E-state index is 0.386. The van der Waals surface area contributed by atoms with Crippen molar-refractivity contribution >= 4 is 11.6 Å². The first-order chi connectivity index (χ1) is 13.8. The predicted molar refractivity (Wildman–Crippen MR) is 116 cm³/mol. The SMILES string of the molecule is CCNC(=NCC1Cc2ccccc21)NC1CCN(c2ccccc2OC)C1. The molecule has 2 aliphatic rings. The molecule has 0 radical (unpaired) electrons. The summed E-state index contributed by atoms with van der Waals surface area (Å²) in [6, 6.07) is 17.3. The Labute approximate surface area is 167 Å². The molecule has 2 aromatic carbocycles. The van der Waals surface area contributed by atoms with Crippen molar-refractivity contribution in [2.24, 2.45) is 4.99 Å². The Kier molecular flexibility index (Phi) is 5.70. The molecule has 5 heteroatoms. The maximum absolute atomic E-state index is 5.53. The molecule has 0 saturated carbocycles. The average molecular weight is 379 g/mol. The van der Waals surface area contributed by atoms with E-state index in [4.69, 9.17) is 9.73 Å². The molecule has 1 heterocycles. The zero-order valence-corrected chi connectivity index (χ0v) is 16.8. The van der Waals surface area contributed by atoms with Crippen molar-refractivity contribution in [3.8, 4) is 5.75 Å². The Balaban J connectivity index is 1.36. The van der Waals surface area contributed by atoms with Gasteiger partial charge in [-0.25, -0.2) is 0 Å². The van der Waals surface area contributed by atoms with Crippen LogP contribution in [-0.4, -0.2) is 45.3 Å². The number of rotatable bonds is 6. The van der Waals surface area contributed by atoms with Crippen LogP contribution in [-0.2, 0) is 6.42 Å². The van der Waals surface area contributed by atoms with Crippen LogP contribution < -0.4 is 20.3 Å². The summed E-state index contributed by atoms with van der Waals surface area (Å²) in [4.78, 5) is 7.27. The zero-order valence-electron chi connectivity index (χ0n) is 16.8. The van der Waals surface area contributed by atoms with Gasteiger partial charge in [0.25, 0.3) is 0 Å². The summed E-state index contributed by atoms with van der Waals surface area (Å²) < 4.78 is 5.53. The molecule has 28 heavy (non-hydrogen) atoms. The van der Waals surface area contributed by atoms with E-state index < -0.39 is 0 Å². The first-order valence-corrected chi connectivity index (χ1v) is 10.3. The summed E-state index contributed by atoms with van der Waals surface area (Å²) in [5, 5.41) is 7.05. The summed E-state index contributed by atoms with van der Waals surface area (Å²) in [6.07, 6.45) is 2.23. The maximum Gasteiger partial charge on any atom is 0.191 e. The van der Waals surface area contributed by atoms with E-state index in [0.717, 1.165) is 50.7 Å². The van der Waals surface area contributed by atoms with E-state index in [1.54, 1.807) is 7.11 Å². The van der Waals surface area contributed by atoms with Crippen LogP contribution in [0.5, 0.6) is 5.75 Å².